The molecule has 0 spiro atoms. The molecular formula is C17H22N4O3. The van der Waals surface area contributed by atoms with Crippen LogP contribution in [-0.4, -0.2) is 45.4 Å². The normalized spacial score (nSPS) is 18.0. The number of rotatable bonds is 3. The fourth-order valence-electron chi connectivity index (χ4n) is 2.62. The number of aliphatic hydroxyl groups is 1. The van der Waals surface area contributed by atoms with Gasteiger partial charge in [-0.1, -0.05) is 19.0 Å². The molecule has 3 rings (SSSR count). The number of nitrogens with zero attached hydrogens (tertiary/aromatic N) is 3. The average Bonchev–Trinajstić information content (AvgIpc) is 3.06. The van der Waals surface area contributed by atoms with Gasteiger partial charge in [0.15, 0.2) is 5.82 Å². The zero-order valence-electron chi connectivity index (χ0n) is 13.9. The standard InChI is InChI=1S/C17H22N4O3/c1-11(2)15-19-16(24-20-15)12-5-7-13(8-6-12)18-17(23)21-9-3-4-14(22)10-21/h5-8,11,14,22H,3-4,9-10H2,1-2H3,(H,18,23). The van der Waals surface area contributed by atoms with Crippen LogP contribution in [0, 0.1) is 0 Å². The van der Waals surface area contributed by atoms with Crippen LogP contribution in [0.1, 0.15) is 38.4 Å². The lowest BCUT2D eigenvalue weighted by atomic mass is 10.1. The smallest absolute Gasteiger partial charge is 0.321 e. The average molecular weight is 330 g/mol. The molecule has 1 saturated heterocycles. The van der Waals surface area contributed by atoms with E-state index in [-0.39, 0.29) is 11.9 Å². The van der Waals surface area contributed by atoms with Crippen LogP contribution in [0.25, 0.3) is 11.5 Å². The first-order chi connectivity index (χ1) is 11.5. The van der Waals surface area contributed by atoms with Gasteiger partial charge < -0.3 is 19.8 Å². The SMILES string of the molecule is CC(C)c1noc(-c2ccc(NC(=O)N3CCCC(O)C3)cc2)n1. The maximum Gasteiger partial charge on any atom is 0.321 e. The summed E-state index contributed by atoms with van der Waals surface area (Å²) in [6, 6.07) is 7.07. The molecule has 7 heteroatoms. The second-order valence-corrected chi connectivity index (χ2v) is 6.36. The van der Waals surface area contributed by atoms with Crippen LogP contribution in [0.15, 0.2) is 28.8 Å². The lowest BCUT2D eigenvalue weighted by Gasteiger charge is -2.30. The summed E-state index contributed by atoms with van der Waals surface area (Å²) in [5.41, 5.74) is 1.49. The Morgan fingerprint density at radius 1 is 1.38 bits per heavy atom. The molecule has 1 aromatic carbocycles. The number of urea groups is 1. The summed E-state index contributed by atoms with van der Waals surface area (Å²) in [6.45, 7) is 5.06. The monoisotopic (exact) mass is 330 g/mol. The third kappa shape index (κ3) is 3.73. The van der Waals surface area contributed by atoms with Crippen LogP contribution in [0.5, 0.6) is 0 Å². The van der Waals surface area contributed by atoms with Crippen LogP contribution >= 0.6 is 0 Å². The molecule has 2 aromatic rings. The molecule has 2 heterocycles. The van der Waals surface area contributed by atoms with Crippen molar-refractivity contribution in [1.82, 2.24) is 15.0 Å². The molecule has 0 bridgehead atoms. The van der Waals surface area contributed by atoms with Crippen LogP contribution in [-0.2, 0) is 0 Å². The number of piperidine rings is 1. The number of hydrogen-bond acceptors (Lipinski definition) is 5. The van der Waals surface area contributed by atoms with Crippen molar-refractivity contribution in [2.24, 2.45) is 0 Å². The first kappa shape index (κ1) is 16.4. The fourth-order valence-corrected chi connectivity index (χ4v) is 2.62. The van der Waals surface area contributed by atoms with Crippen LogP contribution in [0.2, 0.25) is 0 Å². The van der Waals surface area contributed by atoms with Gasteiger partial charge in [-0.2, -0.15) is 4.98 Å². The first-order valence-corrected chi connectivity index (χ1v) is 8.21. The van der Waals surface area contributed by atoms with E-state index in [1.807, 2.05) is 26.0 Å². The van der Waals surface area contributed by atoms with Gasteiger partial charge in [0, 0.05) is 30.3 Å². The number of likely N-dealkylation sites (tertiary alicyclic amines) is 1. The van der Waals surface area contributed by atoms with Gasteiger partial charge in [-0.25, -0.2) is 4.79 Å². The summed E-state index contributed by atoms with van der Waals surface area (Å²) in [5, 5.41) is 16.4. The highest BCUT2D eigenvalue weighted by atomic mass is 16.5. The van der Waals surface area contributed by atoms with E-state index in [1.165, 1.54) is 0 Å². The Morgan fingerprint density at radius 3 is 2.75 bits per heavy atom. The van der Waals surface area contributed by atoms with Crippen molar-refractivity contribution in [3.63, 3.8) is 0 Å². The molecule has 1 fully saturated rings. The van der Waals surface area contributed by atoms with Crippen molar-refractivity contribution < 1.29 is 14.4 Å². The zero-order chi connectivity index (χ0) is 17.1. The number of benzene rings is 1. The van der Waals surface area contributed by atoms with Crippen molar-refractivity contribution in [3.05, 3.63) is 30.1 Å². The Morgan fingerprint density at radius 2 is 2.12 bits per heavy atom. The maximum atomic E-state index is 12.2. The maximum absolute atomic E-state index is 12.2. The Kier molecular flexibility index (Phi) is 4.80. The quantitative estimate of drug-likeness (QED) is 0.903. The minimum atomic E-state index is -0.431. The highest BCUT2D eigenvalue weighted by molar-refractivity contribution is 5.89. The topological polar surface area (TPSA) is 91.5 Å². The van der Waals surface area contributed by atoms with Crippen molar-refractivity contribution in [2.75, 3.05) is 18.4 Å². The Bertz CT molecular complexity index is 696. The van der Waals surface area contributed by atoms with Crippen molar-refractivity contribution >= 4 is 11.7 Å². The number of carbonyl (C=O) groups excluding carboxylic acids is 1. The van der Waals surface area contributed by atoms with Gasteiger partial charge in [-0.3, -0.25) is 0 Å². The summed E-state index contributed by atoms with van der Waals surface area (Å²) >= 11 is 0. The largest absolute Gasteiger partial charge is 0.391 e. The predicted molar refractivity (Wildman–Crippen MR) is 89.7 cm³/mol. The fraction of sp³-hybridized carbons (Fsp3) is 0.471. The lowest BCUT2D eigenvalue weighted by molar-refractivity contribution is 0.0883. The van der Waals surface area contributed by atoms with E-state index in [0.717, 1.165) is 18.4 Å². The van der Waals surface area contributed by atoms with Crippen LogP contribution < -0.4 is 5.32 Å². The third-order valence-electron chi connectivity index (χ3n) is 4.02. The molecule has 0 radical (unpaired) electrons. The van der Waals surface area contributed by atoms with E-state index in [2.05, 4.69) is 15.5 Å². The minimum absolute atomic E-state index is 0.193. The molecule has 2 amide bonds. The minimum Gasteiger partial charge on any atom is -0.391 e. The summed E-state index contributed by atoms with van der Waals surface area (Å²) in [6.07, 6.45) is 1.14. The molecular weight excluding hydrogens is 308 g/mol. The Balaban J connectivity index is 1.64. The zero-order valence-corrected chi connectivity index (χ0v) is 13.9. The van der Waals surface area contributed by atoms with Gasteiger partial charge in [-0.15, -0.1) is 0 Å². The number of aliphatic hydroxyl groups excluding tert-OH is 1. The molecule has 1 atom stereocenters. The number of aromatic nitrogens is 2. The number of β-amino-alcohol motifs (C(OH)–C–C–N with tert-alkyl or cyclic N) is 1. The predicted octanol–water partition coefficient (Wildman–Crippen LogP) is 2.85. The molecule has 1 aliphatic heterocycles. The van der Waals surface area contributed by atoms with E-state index in [1.54, 1.807) is 17.0 Å². The van der Waals surface area contributed by atoms with E-state index >= 15 is 0 Å². The van der Waals surface area contributed by atoms with Crippen molar-refractivity contribution in [2.45, 2.75) is 38.7 Å². The molecule has 1 aliphatic rings. The molecule has 0 aliphatic carbocycles. The molecule has 1 aromatic heterocycles. The van der Waals surface area contributed by atoms with Gasteiger partial charge in [0.05, 0.1) is 6.10 Å². The number of anilines is 1. The number of amides is 2. The lowest BCUT2D eigenvalue weighted by Crippen LogP contribution is -2.44. The van der Waals surface area contributed by atoms with Gasteiger partial charge >= 0.3 is 6.03 Å². The molecule has 1 unspecified atom stereocenters. The first-order valence-electron chi connectivity index (χ1n) is 8.21. The summed E-state index contributed by atoms with van der Waals surface area (Å²) < 4.78 is 5.26. The van der Waals surface area contributed by atoms with Crippen molar-refractivity contribution in [3.8, 4) is 11.5 Å². The Labute approximate surface area is 140 Å². The summed E-state index contributed by atoms with van der Waals surface area (Å²) in [7, 11) is 0. The molecule has 0 saturated carbocycles. The van der Waals surface area contributed by atoms with E-state index in [4.69, 9.17) is 4.52 Å². The van der Waals surface area contributed by atoms with Gasteiger partial charge in [0.25, 0.3) is 5.89 Å². The summed E-state index contributed by atoms with van der Waals surface area (Å²) in [4.78, 5) is 18.2. The second-order valence-electron chi connectivity index (χ2n) is 6.36. The molecule has 128 valence electrons. The van der Waals surface area contributed by atoms with Crippen LogP contribution in [0.4, 0.5) is 10.5 Å². The molecule has 24 heavy (non-hydrogen) atoms. The van der Waals surface area contributed by atoms with Crippen molar-refractivity contribution in [1.29, 1.82) is 0 Å². The summed E-state index contributed by atoms with van der Waals surface area (Å²) in [5.74, 6) is 1.35. The highest BCUT2D eigenvalue weighted by Gasteiger charge is 2.22. The van der Waals surface area contributed by atoms with E-state index in [9.17, 15) is 9.90 Å². The Hall–Kier alpha value is -2.41. The van der Waals surface area contributed by atoms with E-state index in [0.29, 0.717) is 30.5 Å². The van der Waals surface area contributed by atoms with Gasteiger partial charge in [0.1, 0.15) is 0 Å². The van der Waals surface area contributed by atoms with Crippen LogP contribution in [0.3, 0.4) is 0 Å². The highest BCUT2D eigenvalue weighted by Crippen LogP contribution is 2.22. The molecule has 2 N–H and O–H groups in total. The van der Waals surface area contributed by atoms with Gasteiger partial charge in [-0.05, 0) is 37.1 Å². The second kappa shape index (κ2) is 7.00. The van der Waals surface area contributed by atoms with E-state index < -0.39 is 6.10 Å². The molecule has 7 nitrogen and oxygen atoms in total. The number of hydrogen-bond donors (Lipinski definition) is 2. The third-order valence-corrected chi connectivity index (χ3v) is 4.02. The number of carbonyl (C=O) groups is 1. The van der Waals surface area contributed by atoms with Gasteiger partial charge in [0.2, 0.25) is 0 Å². The number of nitrogens with one attached hydrogen (secondary N) is 1.